The second-order valence-electron chi connectivity index (χ2n) is 5.98. The fourth-order valence-corrected chi connectivity index (χ4v) is 3.15. The summed E-state index contributed by atoms with van der Waals surface area (Å²) in [4.78, 5) is 28.3. The van der Waals surface area contributed by atoms with Gasteiger partial charge in [-0.3, -0.25) is 4.79 Å². The zero-order chi connectivity index (χ0) is 20.3. The average molecular weight is 405 g/mol. The monoisotopic (exact) mass is 405 g/mol. The Labute approximate surface area is 162 Å². The van der Waals surface area contributed by atoms with E-state index in [1.807, 2.05) is 31.2 Å². The summed E-state index contributed by atoms with van der Waals surface area (Å²) in [5, 5.41) is 2.13. The number of hydrogen-bond donors (Lipinski definition) is 0. The van der Waals surface area contributed by atoms with Gasteiger partial charge in [-0.2, -0.15) is 13.2 Å². The molecule has 0 aliphatic heterocycles. The molecule has 0 unspecified atom stereocenters. The molecule has 3 aromatic rings. The number of carbonyl (C=O) groups excluding carboxylic acids is 2. The minimum absolute atomic E-state index is 0.0393. The maximum atomic E-state index is 12.7. The Morgan fingerprint density at radius 1 is 1.11 bits per heavy atom. The molecule has 2 aromatic carbocycles. The number of aromatic nitrogens is 1. The zero-order valence-electron chi connectivity index (χ0n) is 14.6. The van der Waals surface area contributed by atoms with Crippen molar-refractivity contribution in [2.75, 3.05) is 6.61 Å². The molecular formula is C20H14F3NO3S. The lowest BCUT2D eigenvalue weighted by Crippen LogP contribution is -2.15. The van der Waals surface area contributed by atoms with E-state index in [4.69, 9.17) is 4.74 Å². The van der Waals surface area contributed by atoms with Gasteiger partial charge in [0.2, 0.25) is 0 Å². The molecule has 8 heteroatoms. The van der Waals surface area contributed by atoms with E-state index in [0.29, 0.717) is 5.01 Å². The second kappa shape index (κ2) is 7.93. The Hall–Kier alpha value is -3.00. The number of ether oxygens (including phenoxy) is 1. The minimum atomic E-state index is -4.56. The Bertz CT molecular complexity index is 1010. The normalized spacial score (nSPS) is 11.3. The van der Waals surface area contributed by atoms with Gasteiger partial charge < -0.3 is 4.74 Å². The molecule has 0 radical (unpaired) electrons. The van der Waals surface area contributed by atoms with Crippen molar-refractivity contribution < 1.29 is 27.5 Å². The summed E-state index contributed by atoms with van der Waals surface area (Å²) in [6.45, 7) is 1.29. The van der Waals surface area contributed by atoms with Crippen molar-refractivity contribution in [1.82, 2.24) is 4.98 Å². The third-order valence-corrected chi connectivity index (χ3v) is 4.75. The number of aryl methyl sites for hydroxylation is 1. The van der Waals surface area contributed by atoms with E-state index in [2.05, 4.69) is 4.98 Å². The van der Waals surface area contributed by atoms with Crippen LogP contribution in [0.3, 0.4) is 0 Å². The molecule has 0 atom stereocenters. The van der Waals surface area contributed by atoms with Crippen LogP contribution in [0.4, 0.5) is 13.2 Å². The molecule has 1 heterocycles. The lowest BCUT2D eigenvalue weighted by Gasteiger charge is -2.08. The molecule has 3 rings (SSSR count). The first-order chi connectivity index (χ1) is 13.2. The fourth-order valence-electron chi connectivity index (χ4n) is 2.35. The predicted octanol–water partition coefficient (Wildman–Crippen LogP) is 5.18. The Balaban J connectivity index is 1.64. The summed E-state index contributed by atoms with van der Waals surface area (Å²) < 4.78 is 43.1. The number of carbonyl (C=O) groups is 2. The van der Waals surface area contributed by atoms with E-state index in [-0.39, 0.29) is 11.3 Å². The van der Waals surface area contributed by atoms with E-state index >= 15 is 0 Å². The first-order valence-electron chi connectivity index (χ1n) is 8.14. The number of nitrogens with zero attached hydrogens (tertiary/aromatic N) is 1. The molecule has 4 nitrogen and oxygen atoms in total. The highest BCUT2D eigenvalue weighted by molar-refractivity contribution is 7.13. The van der Waals surface area contributed by atoms with Crippen LogP contribution in [0.25, 0.3) is 10.6 Å². The topological polar surface area (TPSA) is 56.3 Å². The van der Waals surface area contributed by atoms with Crippen LogP contribution in [0, 0.1) is 6.92 Å². The number of halogens is 3. The van der Waals surface area contributed by atoms with Crippen LogP contribution in [0.1, 0.15) is 32.0 Å². The standard InChI is InChI=1S/C20H14F3NO3S/c1-12-5-7-13(8-6-12)18-24-16(11-28-18)19(26)27-10-17(25)14-3-2-4-15(9-14)20(21,22)23/h2-9,11H,10H2,1H3. The van der Waals surface area contributed by atoms with Gasteiger partial charge in [-0.15, -0.1) is 11.3 Å². The number of alkyl halides is 3. The number of rotatable bonds is 5. The van der Waals surface area contributed by atoms with Gasteiger partial charge in [0.05, 0.1) is 5.56 Å². The molecular weight excluding hydrogens is 391 g/mol. The quantitative estimate of drug-likeness (QED) is 0.434. The van der Waals surface area contributed by atoms with Gasteiger partial charge in [-0.1, -0.05) is 42.0 Å². The number of benzene rings is 2. The lowest BCUT2D eigenvalue weighted by atomic mass is 10.1. The number of thiazole rings is 1. The maximum Gasteiger partial charge on any atom is 0.416 e. The number of esters is 1. The van der Waals surface area contributed by atoms with Crippen LogP contribution in [0.15, 0.2) is 53.9 Å². The van der Waals surface area contributed by atoms with Crippen LogP contribution < -0.4 is 0 Å². The largest absolute Gasteiger partial charge is 0.453 e. The summed E-state index contributed by atoms with van der Waals surface area (Å²) in [5.41, 5.74) is 0.855. The van der Waals surface area contributed by atoms with Gasteiger partial charge in [0, 0.05) is 16.5 Å². The third kappa shape index (κ3) is 4.64. The highest BCUT2D eigenvalue weighted by atomic mass is 32.1. The predicted molar refractivity (Wildman–Crippen MR) is 98.3 cm³/mol. The van der Waals surface area contributed by atoms with E-state index in [9.17, 15) is 22.8 Å². The molecule has 0 bridgehead atoms. The molecule has 0 saturated heterocycles. The van der Waals surface area contributed by atoms with Crippen molar-refractivity contribution in [3.8, 4) is 10.6 Å². The van der Waals surface area contributed by atoms with Gasteiger partial charge in [0.15, 0.2) is 18.1 Å². The first kappa shape index (κ1) is 19.8. The molecule has 0 amide bonds. The lowest BCUT2D eigenvalue weighted by molar-refractivity contribution is -0.137. The highest BCUT2D eigenvalue weighted by Crippen LogP contribution is 2.29. The fraction of sp³-hybridized carbons (Fsp3) is 0.150. The van der Waals surface area contributed by atoms with Gasteiger partial charge in [0.1, 0.15) is 5.01 Å². The van der Waals surface area contributed by atoms with Gasteiger partial charge >= 0.3 is 12.1 Å². The molecule has 0 spiro atoms. The van der Waals surface area contributed by atoms with E-state index in [1.165, 1.54) is 22.8 Å². The van der Waals surface area contributed by atoms with Gasteiger partial charge in [-0.25, -0.2) is 9.78 Å². The molecule has 0 aliphatic carbocycles. The van der Waals surface area contributed by atoms with Gasteiger partial charge in [-0.05, 0) is 19.1 Å². The van der Waals surface area contributed by atoms with E-state index in [1.54, 1.807) is 0 Å². The Morgan fingerprint density at radius 2 is 1.82 bits per heavy atom. The molecule has 144 valence electrons. The summed E-state index contributed by atoms with van der Waals surface area (Å²) >= 11 is 1.25. The molecule has 1 aromatic heterocycles. The molecule has 28 heavy (non-hydrogen) atoms. The summed E-state index contributed by atoms with van der Waals surface area (Å²) in [7, 11) is 0. The summed E-state index contributed by atoms with van der Waals surface area (Å²) in [6, 6.07) is 11.6. The zero-order valence-corrected chi connectivity index (χ0v) is 15.4. The van der Waals surface area contributed by atoms with Crippen molar-refractivity contribution >= 4 is 23.1 Å². The van der Waals surface area contributed by atoms with Gasteiger partial charge in [0.25, 0.3) is 0 Å². The SMILES string of the molecule is Cc1ccc(-c2nc(C(=O)OCC(=O)c3cccc(C(F)(F)F)c3)cs2)cc1. The second-order valence-corrected chi connectivity index (χ2v) is 6.84. The van der Waals surface area contributed by atoms with Crippen LogP contribution in [0.5, 0.6) is 0 Å². The van der Waals surface area contributed by atoms with E-state index in [0.717, 1.165) is 29.3 Å². The smallest absolute Gasteiger partial charge is 0.416 e. The molecule has 0 saturated carbocycles. The van der Waals surface area contributed by atoms with Crippen LogP contribution in [-0.2, 0) is 10.9 Å². The average Bonchev–Trinajstić information content (AvgIpc) is 3.16. The summed E-state index contributed by atoms with van der Waals surface area (Å²) in [6.07, 6.45) is -4.56. The van der Waals surface area contributed by atoms with Crippen LogP contribution >= 0.6 is 11.3 Å². The van der Waals surface area contributed by atoms with Crippen molar-refractivity contribution in [2.24, 2.45) is 0 Å². The van der Waals surface area contributed by atoms with Crippen molar-refractivity contribution in [1.29, 1.82) is 0 Å². The van der Waals surface area contributed by atoms with Crippen LogP contribution in [0.2, 0.25) is 0 Å². The van der Waals surface area contributed by atoms with Crippen molar-refractivity contribution in [3.63, 3.8) is 0 Å². The maximum absolute atomic E-state index is 12.7. The first-order valence-corrected chi connectivity index (χ1v) is 9.02. The molecule has 0 fully saturated rings. The Morgan fingerprint density at radius 3 is 2.50 bits per heavy atom. The number of hydrogen-bond acceptors (Lipinski definition) is 5. The van der Waals surface area contributed by atoms with Crippen molar-refractivity contribution in [2.45, 2.75) is 13.1 Å². The highest BCUT2D eigenvalue weighted by Gasteiger charge is 2.31. The number of ketones is 1. The Kier molecular flexibility index (Phi) is 5.60. The third-order valence-electron chi connectivity index (χ3n) is 3.86. The number of Topliss-reactive ketones (excluding diaryl/α,β-unsaturated/α-hetero) is 1. The molecule has 0 aliphatic rings. The summed E-state index contributed by atoms with van der Waals surface area (Å²) in [5.74, 6) is -1.54. The minimum Gasteiger partial charge on any atom is -0.453 e. The van der Waals surface area contributed by atoms with Crippen molar-refractivity contribution in [3.05, 3.63) is 76.3 Å². The van der Waals surface area contributed by atoms with Crippen LogP contribution in [-0.4, -0.2) is 23.3 Å². The molecule has 0 N–H and O–H groups in total. The van der Waals surface area contributed by atoms with E-state index < -0.39 is 30.1 Å².